The Morgan fingerprint density at radius 1 is 1.16 bits per heavy atom. The lowest BCUT2D eigenvalue weighted by Gasteiger charge is -2.37. The number of rotatable bonds is 8. The van der Waals surface area contributed by atoms with Gasteiger partial charge in [-0.2, -0.15) is 4.31 Å². The molecule has 38 heavy (non-hydrogen) atoms. The largest absolute Gasteiger partial charge is 0.361 e. The number of piperidine rings is 1. The average molecular weight is 556 g/mol. The van der Waals surface area contributed by atoms with Crippen LogP contribution in [0.1, 0.15) is 56.0 Å². The Labute approximate surface area is 231 Å². The van der Waals surface area contributed by atoms with Crippen LogP contribution in [0.25, 0.3) is 0 Å². The van der Waals surface area contributed by atoms with E-state index in [-0.39, 0.29) is 23.3 Å². The van der Waals surface area contributed by atoms with Crippen LogP contribution in [-0.2, 0) is 23.0 Å². The lowest BCUT2D eigenvalue weighted by atomic mass is 9.79. The van der Waals surface area contributed by atoms with Crippen LogP contribution >= 0.6 is 11.6 Å². The van der Waals surface area contributed by atoms with Crippen molar-refractivity contribution in [3.05, 3.63) is 82.9 Å². The molecule has 0 radical (unpaired) electrons. The summed E-state index contributed by atoms with van der Waals surface area (Å²) in [6, 6.07) is 15.8. The molecule has 0 amide bonds. The van der Waals surface area contributed by atoms with Gasteiger partial charge < -0.3 is 15.2 Å². The molecule has 1 aromatic heterocycles. The van der Waals surface area contributed by atoms with Gasteiger partial charge in [0.05, 0.1) is 30.0 Å². The minimum atomic E-state index is -3.55. The molecule has 3 aromatic rings. The van der Waals surface area contributed by atoms with Crippen LogP contribution in [0.2, 0.25) is 5.02 Å². The summed E-state index contributed by atoms with van der Waals surface area (Å²) in [5.74, 6) is 0.154. The van der Waals surface area contributed by atoms with Gasteiger partial charge in [-0.15, -0.1) is 0 Å². The smallest absolute Gasteiger partial charge is 0.214 e. The second kappa shape index (κ2) is 11.4. The Balaban J connectivity index is 1.52. The van der Waals surface area contributed by atoms with Crippen molar-refractivity contribution in [1.29, 1.82) is 0 Å². The van der Waals surface area contributed by atoms with Crippen molar-refractivity contribution < 1.29 is 8.42 Å². The van der Waals surface area contributed by atoms with E-state index in [0.717, 1.165) is 48.4 Å². The monoisotopic (exact) mass is 555 g/mol. The van der Waals surface area contributed by atoms with Crippen molar-refractivity contribution in [2.75, 3.05) is 30.3 Å². The van der Waals surface area contributed by atoms with Gasteiger partial charge in [0.1, 0.15) is 0 Å². The van der Waals surface area contributed by atoms with Gasteiger partial charge >= 0.3 is 0 Å². The van der Waals surface area contributed by atoms with Crippen LogP contribution < -0.4 is 10.2 Å². The zero-order valence-corrected chi connectivity index (χ0v) is 23.8. The van der Waals surface area contributed by atoms with Crippen LogP contribution in [0.15, 0.2) is 61.1 Å². The molecule has 9 heteroatoms. The quantitative estimate of drug-likeness (QED) is 0.401. The number of halogens is 1. The number of hydrogen-bond donors (Lipinski definition) is 2. The molecular formula is C29H38ClN5O2S. The van der Waals surface area contributed by atoms with Crippen molar-refractivity contribution in [3.63, 3.8) is 0 Å². The number of benzene rings is 2. The Kier molecular flexibility index (Phi) is 8.14. The molecule has 0 saturated carbocycles. The normalized spacial score (nSPS) is 21.0. The first-order valence-corrected chi connectivity index (χ1v) is 15.5. The van der Waals surface area contributed by atoms with E-state index in [1.165, 1.54) is 0 Å². The molecular weight excluding hydrogens is 518 g/mol. The van der Waals surface area contributed by atoms with Crippen LogP contribution in [0, 0.1) is 5.41 Å². The zero-order valence-electron chi connectivity index (χ0n) is 22.2. The maximum absolute atomic E-state index is 14.2. The number of nitrogens with one attached hydrogen (secondary N) is 2. The van der Waals surface area contributed by atoms with Crippen molar-refractivity contribution in [2.45, 2.75) is 58.2 Å². The first-order valence-electron chi connectivity index (χ1n) is 13.5. The summed E-state index contributed by atoms with van der Waals surface area (Å²) < 4.78 is 30.1. The van der Waals surface area contributed by atoms with Crippen LogP contribution in [0.5, 0.6) is 0 Å². The standard InChI is InChI=1S/C29H38ClN5O2S/c1-22(27-18-32-21-33-27)34-20-26(16-23-6-4-3-5-7-23)35(19-24-17-25(30)8-9-28(24)34)38(36,37)15-12-29(2)10-13-31-14-11-29/h3-9,17-18,21-22,26,31H,10-16,19-20H2,1-2H3,(H,32,33)/t22?,26-/m1/s1. The second-order valence-electron chi connectivity index (χ2n) is 11.1. The minimum absolute atomic E-state index is 0.0213. The first-order chi connectivity index (χ1) is 18.2. The van der Waals surface area contributed by atoms with E-state index in [1.54, 1.807) is 10.6 Å². The molecule has 1 saturated heterocycles. The summed E-state index contributed by atoms with van der Waals surface area (Å²) in [6.45, 7) is 7.13. The molecule has 1 unspecified atom stereocenters. The molecule has 0 bridgehead atoms. The number of nitrogens with zero attached hydrogens (tertiary/aromatic N) is 3. The molecule has 2 N–H and O–H groups in total. The number of H-pyrrole nitrogens is 1. The highest BCUT2D eigenvalue weighted by atomic mass is 35.5. The van der Waals surface area contributed by atoms with Gasteiger partial charge in [0.15, 0.2) is 0 Å². The van der Waals surface area contributed by atoms with E-state index in [9.17, 15) is 8.42 Å². The fourth-order valence-electron chi connectivity index (χ4n) is 5.86. The van der Waals surface area contributed by atoms with Gasteiger partial charge in [0, 0.05) is 29.8 Å². The first kappa shape index (κ1) is 27.2. The highest BCUT2D eigenvalue weighted by Crippen LogP contribution is 2.38. The maximum Gasteiger partial charge on any atom is 0.214 e. The Bertz CT molecular complexity index is 1310. The molecule has 0 aliphatic carbocycles. The maximum atomic E-state index is 14.2. The van der Waals surface area contributed by atoms with Crippen molar-refractivity contribution in [3.8, 4) is 0 Å². The highest BCUT2D eigenvalue weighted by molar-refractivity contribution is 7.89. The third kappa shape index (κ3) is 6.09. The number of hydrogen-bond acceptors (Lipinski definition) is 5. The Morgan fingerprint density at radius 3 is 2.63 bits per heavy atom. The summed E-state index contributed by atoms with van der Waals surface area (Å²) in [7, 11) is -3.55. The summed E-state index contributed by atoms with van der Waals surface area (Å²) in [5, 5.41) is 4.01. The van der Waals surface area contributed by atoms with Crippen molar-refractivity contribution >= 4 is 27.3 Å². The van der Waals surface area contributed by atoms with Gasteiger partial charge in [0.25, 0.3) is 0 Å². The predicted molar refractivity (Wildman–Crippen MR) is 154 cm³/mol. The van der Waals surface area contributed by atoms with Crippen molar-refractivity contribution in [1.82, 2.24) is 19.6 Å². The third-order valence-electron chi connectivity index (χ3n) is 8.37. The molecule has 2 atom stereocenters. The number of fused-ring (bicyclic) bond motifs is 1. The lowest BCUT2D eigenvalue weighted by Crippen LogP contribution is -2.47. The van der Waals surface area contributed by atoms with Gasteiger partial charge in [-0.05, 0) is 80.4 Å². The molecule has 5 rings (SSSR count). The number of sulfonamides is 1. The molecule has 2 aliphatic heterocycles. The van der Waals surface area contributed by atoms with Gasteiger partial charge in [-0.1, -0.05) is 48.9 Å². The minimum Gasteiger partial charge on any atom is -0.361 e. The Morgan fingerprint density at radius 2 is 1.92 bits per heavy atom. The van der Waals surface area contributed by atoms with E-state index >= 15 is 0 Å². The molecule has 2 aliphatic rings. The molecule has 7 nitrogen and oxygen atoms in total. The van der Waals surface area contributed by atoms with Gasteiger partial charge in [-0.3, -0.25) is 0 Å². The molecule has 3 heterocycles. The summed E-state index contributed by atoms with van der Waals surface area (Å²) in [6.07, 6.45) is 6.84. The SMILES string of the molecule is CC(c1cnc[nH]1)N1C[C@@H](Cc2ccccc2)N(S(=O)(=O)CCC2(C)CCNCC2)Cc2cc(Cl)ccc21. The summed E-state index contributed by atoms with van der Waals surface area (Å²) in [4.78, 5) is 9.78. The average Bonchev–Trinajstić information content (AvgIpc) is 3.40. The van der Waals surface area contributed by atoms with E-state index in [2.05, 4.69) is 46.2 Å². The Hall–Kier alpha value is -2.39. The topological polar surface area (TPSA) is 81.3 Å². The van der Waals surface area contributed by atoms with E-state index < -0.39 is 10.0 Å². The van der Waals surface area contributed by atoms with Crippen LogP contribution in [0.3, 0.4) is 0 Å². The molecule has 1 fully saturated rings. The number of imidazole rings is 1. The van der Waals surface area contributed by atoms with Gasteiger partial charge in [0.2, 0.25) is 10.0 Å². The van der Waals surface area contributed by atoms with E-state index in [4.69, 9.17) is 11.6 Å². The predicted octanol–water partition coefficient (Wildman–Crippen LogP) is 5.17. The number of aromatic amines is 1. The number of aromatic nitrogens is 2. The zero-order chi connectivity index (χ0) is 26.8. The molecule has 204 valence electrons. The highest BCUT2D eigenvalue weighted by Gasteiger charge is 2.38. The fraction of sp³-hybridized carbons (Fsp3) is 0.483. The molecule has 2 aromatic carbocycles. The van der Waals surface area contributed by atoms with E-state index in [0.29, 0.717) is 31.0 Å². The van der Waals surface area contributed by atoms with Gasteiger partial charge in [-0.25, -0.2) is 13.4 Å². The van der Waals surface area contributed by atoms with E-state index in [1.807, 2.05) is 42.6 Å². The van der Waals surface area contributed by atoms with Crippen LogP contribution in [-0.4, -0.2) is 54.1 Å². The fourth-order valence-corrected chi connectivity index (χ4v) is 7.97. The third-order valence-corrected chi connectivity index (χ3v) is 10.5. The lowest BCUT2D eigenvalue weighted by molar-refractivity contribution is 0.219. The summed E-state index contributed by atoms with van der Waals surface area (Å²) in [5.41, 5.74) is 4.09. The second-order valence-corrected chi connectivity index (χ2v) is 13.6. The van der Waals surface area contributed by atoms with Crippen molar-refractivity contribution in [2.24, 2.45) is 5.41 Å². The summed E-state index contributed by atoms with van der Waals surface area (Å²) >= 11 is 6.46. The molecule has 0 spiro atoms. The number of anilines is 1. The van der Waals surface area contributed by atoms with Crippen LogP contribution in [0.4, 0.5) is 5.69 Å².